The highest BCUT2D eigenvalue weighted by Crippen LogP contribution is 2.16. The second-order valence-electron chi connectivity index (χ2n) is 9.11. The number of rotatable bonds is 11. The van der Waals surface area contributed by atoms with Gasteiger partial charge in [-0.15, -0.1) is 0 Å². The lowest BCUT2D eigenvalue weighted by molar-refractivity contribution is -0.147. The zero-order valence-corrected chi connectivity index (χ0v) is 21.1. The van der Waals surface area contributed by atoms with Gasteiger partial charge in [0, 0.05) is 38.2 Å². The van der Waals surface area contributed by atoms with E-state index in [9.17, 15) is 19.4 Å². The zero-order valence-electron chi connectivity index (χ0n) is 21.1. The number of carbonyl (C=O) groups is 3. The highest BCUT2D eigenvalue weighted by Gasteiger charge is 2.38. The van der Waals surface area contributed by atoms with E-state index in [0.717, 1.165) is 17.1 Å². The van der Waals surface area contributed by atoms with Gasteiger partial charge in [-0.2, -0.15) is 0 Å². The Kier molecular flexibility index (Phi) is 9.67. The minimum Gasteiger partial charge on any atom is -0.479 e. The predicted octanol–water partition coefficient (Wildman–Crippen LogP) is 0.572. The van der Waals surface area contributed by atoms with Crippen LogP contribution in [0.25, 0.3) is 0 Å². The highest BCUT2D eigenvalue weighted by atomic mass is 16.5. The number of hydrogen-bond acceptors (Lipinski definition) is 9. The molecule has 12 nitrogen and oxygen atoms in total. The summed E-state index contributed by atoms with van der Waals surface area (Å²) in [6, 6.07) is 14.9. The van der Waals surface area contributed by atoms with E-state index in [-0.39, 0.29) is 24.9 Å². The van der Waals surface area contributed by atoms with Crippen LogP contribution in [-0.4, -0.2) is 73.5 Å². The van der Waals surface area contributed by atoms with Crippen LogP contribution in [0.3, 0.4) is 0 Å². The average Bonchev–Trinajstić information content (AvgIpc) is 2.94. The molecule has 3 aromatic rings. The number of nitrogens with zero attached hydrogens (tertiary/aromatic N) is 4. The first-order valence-corrected chi connectivity index (χ1v) is 12.5. The van der Waals surface area contributed by atoms with Crippen LogP contribution in [0.15, 0.2) is 67.1 Å². The van der Waals surface area contributed by atoms with E-state index in [1.54, 1.807) is 24.5 Å². The van der Waals surface area contributed by atoms with Crippen LogP contribution < -0.4 is 10.6 Å². The molecule has 0 bridgehead atoms. The second-order valence-corrected chi connectivity index (χ2v) is 9.11. The van der Waals surface area contributed by atoms with Crippen LogP contribution in [0.4, 0.5) is 0 Å². The number of carbonyl (C=O) groups excluding carboxylic acids is 2. The van der Waals surface area contributed by atoms with Gasteiger partial charge in [0.15, 0.2) is 0 Å². The SMILES string of the molecule is O=C(CNC(=O)c1ccc(CN(Cc2ccccn2)Cc2ccccn2)nc1)N[C@H]1CC[C@H](C(=O)O)OB1O. The Bertz CT molecular complexity index is 1210. The standard InChI is InChI=1S/C26H29BN6O6/c34-24(32-23-10-9-22(26(36)37)39-27(23)38)14-31-25(35)18-7-8-21(30-13-18)17-33(15-19-5-1-3-11-28-19)16-20-6-2-4-12-29-20/h1-8,11-13,22-23,38H,9-10,14-17H2,(H,31,35)(H,32,34)(H,36,37)/t22-,23+/m1/s1. The molecule has 4 rings (SSSR count). The fourth-order valence-corrected chi connectivity index (χ4v) is 4.14. The first-order chi connectivity index (χ1) is 18.9. The predicted molar refractivity (Wildman–Crippen MR) is 140 cm³/mol. The Morgan fingerprint density at radius 3 is 2.08 bits per heavy atom. The fourth-order valence-electron chi connectivity index (χ4n) is 4.14. The van der Waals surface area contributed by atoms with Crippen molar-refractivity contribution in [1.82, 2.24) is 30.5 Å². The molecule has 1 fully saturated rings. The maximum absolute atomic E-state index is 12.5. The highest BCUT2D eigenvalue weighted by molar-refractivity contribution is 6.45. The average molecular weight is 532 g/mol. The first kappa shape index (κ1) is 27.8. The molecule has 2 atom stereocenters. The molecule has 202 valence electrons. The Labute approximate surface area is 225 Å². The smallest absolute Gasteiger partial charge is 0.478 e. The van der Waals surface area contributed by atoms with Crippen molar-refractivity contribution in [2.75, 3.05) is 6.54 Å². The number of aliphatic carboxylic acids is 1. The molecule has 1 aliphatic rings. The van der Waals surface area contributed by atoms with Gasteiger partial charge in [-0.05, 0) is 49.2 Å². The van der Waals surface area contributed by atoms with E-state index in [2.05, 4.69) is 30.5 Å². The van der Waals surface area contributed by atoms with Crippen molar-refractivity contribution in [2.24, 2.45) is 0 Å². The van der Waals surface area contributed by atoms with Crippen LogP contribution in [0.1, 0.15) is 40.3 Å². The lowest BCUT2D eigenvalue weighted by atomic mass is 9.72. The Morgan fingerprint density at radius 2 is 1.56 bits per heavy atom. The summed E-state index contributed by atoms with van der Waals surface area (Å²) < 4.78 is 5.00. The summed E-state index contributed by atoms with van der Waals surface area (Å²) in [4.78, 5) is 51.2. The maximum atomic E-state index is 12.5. The Hall–Kier alpha value is -4.20. The van der Waals surface area contributed by atoms with Crippen molar-refractivity contribution in [3.05, 3.63) is 89.8 Å². The summed E-state index contributed by atoms with van der Waals surface area (Å²) in [5.41, 5.74) is 2.87. The van der Waals surface area contributed by atoms with Gasteiger partial charge in [-0.1, -0.05) is 12.1 Å². The lowest BCUT2D eigenvalue weighted by Crippen LogP contribution is -2.55. The number of hydrogen-bond donors (Lipinski definition) is 4. The molecular weight excluding hydrogens is 503 g/mol. The first-order valence-electron chi connectivity index (χ1n) is 12.5. The zero-order chi connectivity index (χ0) is 27.6. The molecule has 4 N–H and O–H groups in total. The second kappa shape index (κ2) is 13.6. The van der Waals surface area contributed by atoms with Gasteiger partial charge in [0.25, 0.3) is 5.91 Å². The van der Waals surface area contributed by atoms with Crippen molar-refractivity contribution in [3.63, 3.8) is 0 Å². The minimum absolute atomic E-state index is 0.156. The third kappa shape index (κ3) is 8.40. The molecule has 0 unspecified atom stereocenters. The summed E-state index contributed by atoms with van der Waals surface area (Å²) in [5, 5.41) is 24.0. The molecule has 13 heteroatoms. The molecule has 3 aromatic heterocycles. The van der Waals surface area contributed by atoms with Gasteiger partial charge in [-0.25, -0.2) is 4.79 Å². The topological polar surface area (TPSA) is 167 Å². The van der Waals surface area contributed by atoms with Gasteiger partial charge >= 0.3 is 13.1 Å². The number of pyridine rings is 3. The monoisotopic (exact) mass is 532 g/mol. The van der Waals surface area contributed by atoms with Gasteiger partial charge < -0.3 is 25.4 Å². The van der Waals surface area contributed by atoms with Crippen molar-refractivity contribution >= 4 is 24.9 Å². The van der Waals surface area contributed by atoms with Crippen LogP contribution >= 0.6 is 0 Å². The quantitative estimate of drug-likeness (QED) is 0.257. The summed E-state index contributed by atoms with van der Waals surface area (Å²) in [6.07, 6.45) is 4.23. The maximum Gasteiger partial charge on any atom is 0.478 e. The molecular formula is C26H29BN6O6. The van der Waals surface area contributed by atoms with E-state index < -0.39 is 36.9 Å². The van der Waals surface area contributed by atoms with Crippen molar-refractivity contribution in [1.29, 1.82) is 0 Å². The van der Waals surface area contributed by atoms with E-state index >= 15 is 0 Å². The van der Waals surface area contributed by atoms with E-state index in [1.807, 2.05) is 36.4 Å². The van der Waals surface area contributed by atoms with E-state index in [1.165, 1.54) is 6.20 Å². The summed E-state index contributed by atoms with van der Waals surface area (Å²) in [5.74, 6) is -2.94. The molecule has 1 saturated heterocycles. The Morgan fingerprint density at radius 1 is 0.923 bits per heavy atom. The van der Waals surface area contributed by atoms with Crippen molar-refractivity contribution < 1.29 is 29.2 Å². The van der Waals surface area contributed by atoms with E-state index in [4.69, 9.17) is 9.76 Å². The van der Waals surface area contributed by atoms with Crippen LogP contribution in [-0.2, 0) is 33.9 Å². The molecule has 0 saturated carbocycles. The minimum atomic E-state index is -1.44. The number of carboxylic acids is 1. The van der Waals surface area contributed by atoms with Crippen LogP contribution in [0, 0.1) is 0 Å². The molecule has 0 aromatic carbocycles. The summed E-state index contributed by atoms with van der Waals surface area (Å²) in [7, 11) is -1.44. The van der Waals surface area contributed by atoms with E-state index in [0.29, 0.717) is 19.6 Å². The normalized spacial score (nSPS) is 17.0. The van der Waals surface area contributed by atoms with Crippen molar-refractivity contribution in [3.8, 4) is 0 Å². The van der Waals surface area contributed by atoms with Gasteiger partial charge in [0.1, 0.15) is 6.10 Å². The number of amides is 2. The van der Waals surface area contributed by atoms with Gasteiger partial charge in [0.05, 0.1) is 35.1 Å². The molecule has 2 amide bonds. The molecule has 1 aliphatic heterocycles. The number of nitrogens with one attached hydrogen (secondary N) is 2. The van der Waals surface area contributed by atoms with Gasteiger partial charge in [-0.3, -0.25) is 29.4 Å². The molecule has 0 radical (unpaired) electrons. The number of aromatic nitrogens is 3. The Balaban J connectivity index is 1.29. The fraction of sp³-hybridized carbons (Fsp3) is 0.308. The largest absolute Gasteiger partial charge is 0.479 e. The van der Waals surface area contributed by atoms with Crippen molar-refractivity contribution in [2.45, 2.75) is 44.5 Å². The lowest BCUT2D eigenvalue weighted by Gasteiger charge is -2.29. The summed E-state index contributed by atoms with van der Waals surface area (Å²) in [6.45, 7) is 1.36. The molecule has 4 heterocycles. The third-order valence-electron chi connectivity index (χ3n) is 6.12. The third-order valence-corrected chi connectivity index (χ3v) is 6.12. The van der Waals surface area contributed by atoms with Gasteiger partial charge in [0.2, 0.25) is 5.91 Å². The van der Waals surface area contributed by atoms with Crippen LogP contribution in [0.5, 0.6) is 0 Å². The number of carboxylic acid groups (broad SMARTS) is 1. The molecule has 39 heavy (non-hydrogen) atoms. The van der Waals surface area contributed by atoms with Crippen LogP contribution in [0.2, 0.25) is 0 Å². The summed E-state index contributed by atoms with van der Waals surface area (Å²) >= 11 is 0. The molecule has 0 aliphatic carbocycles. The molecule has 0 spiro atoms.